The molecule has 0 amide bonds. The molecular weight excluding hydrogens is 240 g/mol. The smallest absolute Gasteiger partial charge is 0.258 e. The molecule has 0 aliphatic rings. The van der Waals surface area contributed by atoms with Gasteiger partial charge in [0, 0.05) is 10.6 Å². The minimum Gasteiger partial charge on any atom is -0.493 e. The van der Waals surface area contributed by atoms with Gasteiger partial charge in [0.05, 0.1) is 5.56 Å². The molecule has 2 N–H and O–H groups in total. The summed E-state index contributed by atoms with van der Waals surface area (Å²) in [4.78, 5) is 18.2. The molecule has 0 spiro atoms. The summed E-state index contributed by atoms with van der Waals surface area (Å²) in [6.45, 7) is 1.78. The van der Waals surface area contributed by atoms with Crippen molar-refractivity contribution in [3.63, 3.8) is 0 Å². The summed E-state index contributed by atoms with van der Waals surface area (Å²) in [6, 6.07) is 6.91. The molecule has 1 heterocycles. The Morgan fingerprint density at radius 1 is 1.47 bits per heavy atom. The lowest BCUT2D eigenvalue weighted by Crippen LogP contribution is -2.14. The summed E-state index contributed by atoms with van der Waals surface area (Å²) in [5, 5.41) is 10.2. The van der Waals surface area contributed by atoms with Crippen LogP contribution >= 0.6 is 11.6 Å². The summed E-state index contributed by atoms with van der Waals surface area (Å²) in [7, 11) is 0. The maximum atomic E-state index is 11.7. The molecule has 0 aliphatic heterocycles. The average Bonchev–Trinajstić information content (AvgIpc) is 2.28. The summed E-state index contributed by atoms with van der Waals surface area (Å²) in [5.74, 6) is 0.0819. The van der Waals surface area contributed by atoms with Crippen LogP contribution in [0.5, 0.6) is 5.88 Å². The molecule has 0 aliphatic carbocycles. The van der Waals surface area contributed by atoms with E-state index in [9.17, 15) is 9.90 Å². The maximum Gasteiger partial charge on any atom is 0.258 e. The Hall–Kier alpha value is -1.81. The van der Waals surface area contributed by atoms with Crippen LogP contribution in [0, 0.1) is 0 Å². The molecule has 5 heteroatoms. The Morgan fingerprint density at radius 2 is 2.24 bits per heavy atom. The number of benzene rings is 1. The van der Waals surface area contributed by atoms with Crippen molar-refractivity contribution in [1.82, 2.24) is 9.97 Å². The van der Waals surface area contributed by atoms with Crippen molar-refractivity contribution in [3.8, 4) is 17.3 Å². The molecule has 0 fully saturated rings. The van der Waals surface area contributed by atoms with Gasteiger partial charge in [0.2, 0.25) is 5.88 Å². The highest BCUT2D eigenvalue weighted by atomic mass is 35.5. The monoisotopic (exact) mass is 250 g/mol. The Kier molecular flexibility index (Phi) is 3.15. The second-order valence-corrected chi connectivity index (χ2v) is 4.02. The van der Waals surface area contributed by atoms with Gasteiger partial charge in [-0.05, 0) is 18.6 Å². The van der Waals surface area contributed by atoms with Crippen LogP contribution in [-0.2, 0) is 6.42 Å². The van der Waals surface area contributed by atoms with Crippen LogP contribution in [0.4, 0.5) is 0 Å². The first kappa shape index (κ1) is 11.7. The van der Waals surface area contributed by atoms with Crippen molar-refractivity contribution in [2.24, 2.45) is 0 Å². The van der Waals surface area contributed by atoms with Gasteiger partial charge < -0.3 is 10.1 Å². The van der Waals surface area contributed by atoms with Crippen LogP contribution in [0.25, 0.3) is 11.4 Å². The topological polar surface area (TPSA) is 66.0 Å². The van der Waals surface area contributed by atoms with Crippen molar-refractivity contribution >= 4 is 11.6 Å². The number of nitrogens with one attached hydrogen (secondary N) is 1. The number of rotatable bonds is 2. The minimum atomic E-state index is -0.324. The molecule has 4 nitrogen and oxygen atoms in total. The maximum absolute atomic E-state index is 11.7. The number of aromatic hydroxyl groups is 1. The van der Waals surface area contributed by atoms with Gasteiger partial charge >= 0.3 is 0 Å². The number of H-pyrrole nitrogens is 1. The zero-order valence-electron chi connectivity index (χ0n) is 9.20. The number of hydrogen-bond donors (Lipinski definition) is 2. The quantitative estimate of drug-likeness (QED) is 0.860. The number of aromatic amines is 1. The molecule has 0 atom stereocenters. The van der Waals surface area contributed by atoms with E-state index in [4.69, 9.17) is 11.6 Å². The predicted molar refractivity (Wildman–Crippen MR) is 66.3 cm³/mol. The lowest BCUT2D eigenvalue weighted by molar-refractivity contribution is 0.444. The van der Waals surface area contributed by atoms with E-state index in [1.54, 1.807) is 31.2 Å². The zero-order valence-corrected chi connectivity index (χ0v) is 9.95. The average molecular weight is 251 g/mol. The van der Waals surface area contributed by atoms with Crippen LogP contribution in [0.2, 0.25) is 5.02 Å². The van der Waals surface area contributed by atoms with Crippen LogP contribution in [0.1, 0.15) is 12.5 Å². The largest absolute Gasteiger partial charge is 0.493 e. The van der Waals surface area contributed by atoms with Crippen molar-refractivity contribution in [2.75, 3.05) is 0 Å². The van der Waals surface area contributed by atoms with E-state index in [0.29, 0.717) is 22.8 Å². The molecule has 0 radical (unpaired) electrons. The molecule has 0 unspecified atom stereocenters. The molecule has 1 aromatic heterocycles. The Labute approximate surface area is 103 Å². The van der Waals surface area contributed by atoms with Gasteiger partial charge in [0.15, 0.2) is 0 Å². The Bertz CT molecular complexity index is 608. The van der Waals surface area contributed by atoms with E-state index >= 15 is 0 Å². The normalized spacial score (nSPS) is 10.5. The van der Waals surface area contributed by atoms with Gasteiger partial charge in [-0.15, -0.1) is 0 Å². The van der Waals surface area contributed by atoms with E-state index in [0.717, 1.165) is 0 Å². The molecule has 2 rings (SSSR count). The third-order valence-electron chi connectivity index (χ3n) is 2.45. The number of halogens is 1. The zero-order chi connectivity index (χ0) is 12.4. The highest BCUT2D eigenvalue weighted by Crippen LogP contribution is 2.20. The van der Waals surface area contributed by atoms with Crippen LogP contribution in [-0.4, -0.2) is 15.1 Å². The SMILES string of the molecule is CCc1c(O)nc(-c2cccc(Cl)c2)[nH]c1=O. The van der Waals surface area contributed by atoms with Crippen LogP contribution in [0.15, 0.2) is 29.1 Å². The fourth-order valence-electron chi connectivity index (χ4n) is 1.58. The fraction of sp³-hybridized carbons (Fsp3) is 0.167. The molecule has 1 aromatic carbocycles. The van der Waals surface area contributed by atoms with Gasteiger partial charge in [0.25, 0.3) is 5.56 Å². The lowest BCUT2D eigenvalue weighted by Gasteiger charge is -2.04. The highest BCUT2D eigenvalue weighted by molar-refractivity contribution is 6.30. The summed E-state index contributed by atoms with van der Waals surface area (Å²) < 4.78 is 0. The number of aromatic nitrogens is 2. The molecular formula is C12H11ClN2O2. The summed E-state index contributed by atoms with van der Waals surface area (Å²) in [6.07, 6.45) is 0.435. The van der Waals surface area contributed by atoms with Crippen molar-refractivity contribution in [1.29, 1.82) is 0 Å². The van der Waals surface area contributed by atoms with Gasteiger partial charge in [0.1, 0.15) is 5.82 Å². The third-order valence-corrected chi connectivity index (χ3v) is 2.68. The van der Waals surface area contributed by atoms with E-state index in [1.807, 2.05) is 0 Å². The van der Waals surface area contributed by atoms with Crippen molar-refractivity contribution < 1.29 is 5.11 Å². The van der Waals surface area contributed by atoms with Crippen LogP contribution < -0.4 is 5.56 Å². The molecule has 17 heavy (non-hydrogen) atoms. The molecule has 0 bridgehead atoms. The van der Waals surface area contributed by atoms with E-state index < -0.39 is 0 Å². The standard InChI is InChI=1S/C12H11ClN2O2/c1-2-9-11(16)14-10(15-12(9)17)7-4-3-5-8(13)6-7/h3-6H,2H2,1H3,(H2,14,15,16,17). The molecule has 88 valence electrons. The van der Waals surface area contributed by atoms with E-state index in [-0.39, 0.29) is 17.0 Å². The number of nitrogens with zero attached hydrogens (tertiary/aromatic N) is 1. The molecule has 0 saturated carbocycles. The van der Waals surface area contributed by atoms with Crippen LogP contribution in [0.3, 0.4) is 0 Å². The molecule has 0 saturated heterocycles. The lowest BCUT2D eigenvalue weighted by atomic mass is 10.2. The second-order valence-electron chi connectivity index (χ2n) is 3.58. The number of hydrogen-bond acceptors (Lipinski definition) is 3. The first-order chi connectivity index (χ1) is 8.11. The van der Waals surface area contributed by atoms with E-state index in [2.05, 4.69) is 9.97 Å². The summed E-state index contributed by atoms with van der Waals surface area (Å²) >= 11 is 5.85. The second kappa shape index (κ2) is 4.59. The Balaban J connectivity index is 2.58. The first-order valence-electron chi connectivity index (χ1n) is 5.20. The first-order valence-corrected chi connectivity index (χ1v) is 5.57. The predicted octanol–water partition coefficient (Wildman–Crippen LogP) is 2.36. The Morgan fingerprint density at radius 3 is 2.82 bits per heavy atom. The van der Waals surface area contributed by atoms with Gasteiger partial charge in [-0.3, -0.25) is 4.79 Å². The van der Waals surface area contributed by atoms with Gasteiger partial charge in [-0.1, -0.05) is 30.7 Å². The third kappa shape index (κ3) is 2.31. The fourth-order valence-corrected chi connectivity index (χ4v) is 1.77. The summed E-state index contributed by atoms with van der Waals surface area (Å²) in [5.41, 5.74) is 0.623. The minimum absolute atomic E-state index is 0.230. The van der Waals surface area contributed by atoms with Crippen molar-refractivity contribution in [3.05, 3.63) is 45.2 Å². The molecule has 2 aromatic rings. The van der Waals surface area contributed by atoms with Crippen molar-refractivity contribution in [2.45, 2.75) is 13.3 Å². The van der Waals surface area contributed by atoms with Gasteiger partial charge in [-0.2, -0.15) is 4.98 Å². The van der Waals surface area contributed by atoms with Gasteiger partial charge in [-0.25, -0.2) is 0 Å². The van der Waals surface area contributed by atoms with E-state index in [1.165, 1.54) is 0 Å². The highest BCUT2D eigenvalue weighted by Gasteiger charge is 2.09.